The first kappa shape index (κ1) is 15.7. The maximum atomic E-state index is 12.1. The third kappa shape index (κ3) is 4.04. The number of carbonyl (C=O) groups excluding carboxylic acids is 1. The number of carbonyl (C=O) groups is 1. The number of benzene rings is 1. The van der Waals surface area contributed by atoms with Crippen molar-refractivity contribution in [1.29, 1.82) is 0 Å². The van der Waals surface area contributed by atoms with Crippen molar-refractivity contribution in [2.24, 2.45) is 5.92 Å². The van der Waals surface area contributed by atoms with Crippen LogP contribution in [0.25, 0.3) is 0 Å². The van der Waals surface area contributed by atoms with Crippen molar-refractivity contribution in [1.82, 2.24) is 9.62 Å². The van der Waals surface area contributed by atoms with Crippen LogP contribution in [-0.4, -0.2) is 39.9 Å². The van der Waals surface area contributed by atoms with Crippen molar-refractivity contribution in [2.45, 2.75) is 18.7 Å². The fraction of sp³-hybridized carbons (Fsp3) is 0.462. The monoisotopic (exact) mass is 284 g/mol. The lowest BCUT2D eigenvalue weighted by atomic mass is 10.1. The first-order valence-corrected chi connectivity index (χ1v) is 7.55. The summed E-state index contributed by atoms with van der Waals surface area (Å²) in [6.07, 6.45) is 0. The molecule has 0 fully saturated rings. The molecule has 0 unspecified atom stereocenters. The molecular formula is C13H20N2O3S. The van der Waals surface area contributed by atoms with E-state index in [0.29, 0.717) is 18.0 Å². The Kier molecular flexibility index (Phi) is 5.08. The second-order valence-corrected chi connectivity index (χ2v) is 6.70. The van der Waals surface area contributed by atoms with Gasteiger partial charge in [-0.25, -0.2) is 13.1 Å². The standard InChI is InChI=1S/C13H20N2O3S/c1-10(2)9-15(4)13(16)11-5-7-12(8-6-11)19(17,18)14-3/h5-8,10,14H,9H2,1-4H3. The molecule has 0 aliphatic rings. The van der Waals surface area contributed by atoms with Gasteiger partial charge in [0, 0.05) is 19.2 Å². The van der Waals surface area contributed by atoms with Gasteiger partial charge in [0.05, 0.1) is 4.90 Å². The summed E-state index contributed by atoms with van der Waals surface area (Å²) >= 11 is 0. The van der Waals surface area contributed by atoms with Crippen LogP contribution in [0, 0.1) is 5.92 Å². The van der Waals surface area contributed by atoms with Crippen molar-refractivity contribution < 1.29 is 13.2 Å². The van der Waals surface area contributed by atoms with E-state index in [-0.39, 0.29) is 10.8 Å². The molecule has 0 saturated heterocycles. The molecule has 6 heteroatoms. The zero-order chi connectivity index (χ0) is 14.6. The van der Waals surface area contributed by atoms with Crippen LogP contribution < -0.4 is 4.72 Å². The lowest BCUT2D eigenvalue weighted by molar-refractivity contribution is 0.0779. The maximum absolute atomic E-state index is 12.1. The van der Waals surface area contributed by atoms with Gasteiger partial charge in [-0.15, -0.1) is 0 Å². The normalized spacial score (nSPS) is 11.6. The number of hydrogen-bond acceptors (Lipinski definition) is 3. The molecule has 1 N–H and O–H groups in total. The summed E-state index contributed by atoms with van der Waals surface area (Å²) in [5, 5.41) is 0. The predicted octanol–water partition coefficient (Wildman–Crippen LogP) is 1.32. The smallest absolute Gasteiger partial charge is 0.253 e. The SMILES string of the molecule is CNS(=O)(=O)c1ccc(C(=O)N(C)CC(C)C)cc1. The molecule has 0 aliphatic carbocycles. The van der Waals surface area contributed by atoms with Crippen molar-refractivity contribution in [3.8, 4) is 0 Å². The first-order chi connectivity index (χ1) is 8.77. The van der Waals surface area contributed by atoms with Crippen LogP contribution in [0.15, 0.2) is 29.2 Å². The molecule has 1 rings (SSSR count). The minimum absolute atomic E-state index is 0.109. The van der Waals surface area contributed by atoms with E-state index in [1.165, 1.54) is 31.3 Å². The average Bonchev–Trinajstić information content (AvgIpc) is 2.37. The fourth-order valence-electron chi connectivity index (χ4n) is 1.75. The van der Waals surface area contributed by atoms with Crippen LogP contribution in [0.4, 0.5) is 0 Å². The molecule has 0 radical (unpaired) electrons. The molecule has 1 aromatic rings. The van der Waals surface area contributed by atoms with Crippen LogP contribution in [0.1, 0.15) is 24.2 Å². The Bertz CT molecular complexity index is 536. The average molecular weight is 284 g/mol. The molecule has 0 aliphatic heterocycles. The van der Waals surface area contributed by atoms with Gasteiger partial charge in [0.25, 0.3) is 5.91 Å². The molecule has 106 valence electrons. The highest BCUT2D eigenvalue weighted by molar-refractivity contribution is 7.89. The first-order valence-electron chi connectivity index (χ1n) is 6.07. The number of hydrogen-bond donors (Lipinski definition) is 1. The van der Waals surface area contributed by atoms with Crippen LogP contribution in [-0.2, 0) is 10.0 Å². The molecule has 1 aromatic carbocycles. The lowest BCUT2D eigenvalue weighted by Crippen LogP contribution is -2.30. The molecular weight excluding hydrogens is 264 g/mol. The summed E-state index contributed by atoms with van der Waals surface area (Å²) < 4.78 is 25.3. The Morgan fingerprint density at radius 2 is 1.79 bits per heavy atom. The molecule has 5 nitrogen and oxygen atoms in total. The summed E-state index contributed by atoms with van der Waals surface area (Å²) in [5.41, 5.74) is 0.484. The van der Waals surface area contributed by atoms with Gasteiger partial charge < -0.3 is 4.90 Å². The third-order valence-corrected chi connectivity index (χ3v) is 4.10. The van der Waals surface area contributed by atoms with Gasteiger partial charge in [0.1, 0.15) is 0 Å². The second kappa shape index (κ2) is 6.16. The van der Waals surface area contributed by atoms with Crippen molar-refractivity contribution in [2.75, 3.05) is 20.6 Å². The van der Waals surface area contributed by atoms with Crippen molar-refractivity contribution in [3.05, 3.63) is 29.8 Å². The van der Waals surface area contributed by atoms with Gasteiger partial charge >= 0.3 is 0 Å². The summed E-state index contributed by atoms with van der Waals surface area (Å²) in [4.78, 5) is 13.9. The van der Waals surface area contributed by atoms with E-state index < -0.39 is 10.0 Å². The minimum atomic E-state index is -3.45. The Balaban J connectivity index is 2.91. The Hall–Kier alpha value is -1.40. The highest BCUT2D eigenvalue weighted by Crippen LogP contribution is 2.12. The topological polar surface area (TPSA) is 66.5 Å². The van der Waals surface area contributed by atoms with Crippen LogP contribution in [0.2, 0.25) is 0 Å². The van der Waals surface area contributed by atoms with E-state index in [1.807, 2.05) is 13.8 Å². The quantitative estimate of drug-likeness (QED) is 0.887. The summed E-state index contributed by atoms with van der Waals surface area (Å²) in [6.45, 7) is 4.73. The fourth-order valence-corrected chi connectivity index (χ4v) is 2.48. The zero-order valence-corrected chi connectivity index (χ0v) is 12.5. The van der Waals surface area contributed by atoms with E-state index in [0.717, 1.165) is 0 Å². The van der Waals surface area contributed by atoms with Gasteiger partial charge in [0.15, 0.2) is 0 Å². The molecule has 0 saturated carbocycles. The number of amides is 1. The van der Waals surface area contributed by atoms with E-state index >= 15 is 0 Å². The van der Waals surface area contributed by atoms with E-state index in [9.17, 15) is 13.2 Å². The van der Waals surface area contributed by atoms with E-state index in [4.69, 9.17) is 0 Å². The summed E-state index contributed by atoms with van der Waals surface area (Å²) in [6, 6.07) is 5.93. The molecule has 0 heterocycles. The minimum Gasteiger partial charge on any atom is -0.341 e. The van der Waals surface area contributed by atoms with E-state index in [1.54, 1.807) is 11.9 Å². The number of nitrogens with one attached hydrogen (secondary N) is 1. The van der Waals surface area contributed by atoms with Crippen molar-refractivity contribution in [3.63, 3.8) is 0 Å². The maximum Gasteiger partial charge on any atom is 0.253 e. The number of sulfonamides is 1. The van der Waals surface area contributed by atoms with Gasteiger partial charge in [-0.05, 0) is 37.2 Å². The summed E-state index contributed by atoms with van der Waals surface area (Å²) in [5.74, 6) is 0.278. The Morgan fingerprint density at radius 1 is 1.26 bits per heavy atom. The highest BCUT2D eigenvalue weighted by Gasteiger charge is 2.15. The highest BCUT2D eigenvalue weighted by atomic mass is 32.2. The van der Waals surface area contributed by atoms with Gasteiger partial charge in [0.2, 0.25) is 10.0 Å². The Morgan fingerprint density at radius 3 is 2.21 bits per heavy atom. The number of nitrogens with zero attached hydrogens (tertiary/aromatic N) is 1. The van der Waals surface area contributed by atoms with Crippen LogP contribution in [0.3, 0.4) is 0 Å². The van der Waals surface area contributed by atoms with Crippen LogP contribution >= 0.6 is 0 Å². The van der Waals surface area contributed by atoms with Crippen LogP contribution in [0.5, 0.6) is 0 Å². The second-order valence-electron chi connectivity index (χ2n) is 4.81. The molecule has 0 bridgehead atoms. The molecule has 0 atom stereocenters. The Labute approximate surface area is 114 Å². The van der Waals surface area contributed by atoms with Gasteiger partial charge in [-0.3, -0.25) is 4.79 Å². The lowest BCUT2D eigenvalue weighted by Gasteiger charge is -2.19. The molecule has 0 spiro atoms. The molecule has 0 aromatic heterocycles. The van der Waals surface area contributed by atoms with E-state index in [2.05, 4.69) is 4.72 Å². The van der Waals surface area contributed by atoms with Gasteiger partial charge in [-0.2, -0.15) is 0 Å². The largest absolute Gasteiger partial charge is 0.341 e. The van der Waals surface area contributed by atoms with Gasteiger partial charge in [-0.1, -0.05) is 13.8 Å². The zero-order valence-electron chi connectivity index (χ0n) is 11.7. The summed E-state index contributed by atoms with van der Waals surface area (Å²) in [7, 11) is -0.366. The van der Waals surface area contributed by atoms with Crippen molar-refractivity contribution >= 4 is 15.9 Å². The predicted molar refractivity (Wildman–Crippen MR) is 74.5 cm³/mol. The number of rotatable bonds is 5. The molecule has 19 heavy (non-hydrogen) atoms. The third-order valence-electron chi connectivity index (χ3n) is 2.67. The molecule has 1 amide bonds.